The highest BCUT2D eigenvalue weighted by Crippen LogP contribution is 2.52. The molecule has 6 aliphatic heterocycles. The number of aryl methyl sites for hydroxylation is 1. The van der Waals surface area contributed by atoms with Crippen molar-refractivity contribution in [1.82, 2.24) is 0 Å². The summed E-state index contributed by atoms with van der Waals surface area (Å²) in [6.45, 7) is 20.5. The average molecular weight is 1900 g/mol. The zero-order valence-electron chi connectivity index (χ0n) is 85.1. The van der Waals surface area contributed by atoms with Crippen LogP contribution in [0.15, 0.2) is 497 Å². The number of hydrogen-bond donors (Lipinski definition) is 0. The van der Waals surface area contributed by atoms with Gasteiger partial charge in [0.05, 0.1) is 0 Å². The predicted molar refractivity (Wildman–Crippen MR) is 635 cm³/mol. The Morgan fingerprint density at radius 3 is 0.615 bits per heavy atom. The van der Waals surface area contributed by atoms with Crippen molar-refractivity contribution in [1.29, 1.82) is 0 Å². The maximum absolute atomic E-state index is 2.52. The van der Waals surface area contributed by atoms with Crippen LogP contribution >= 0.6 is 0 Å². The summed E-state index contributed by atoms with van der Waals surface area (Å²) in [7, 11) is 0. The Morgan fingerprint density at radius 2 is 0.331 bits per heavy atom. The van der Waals surface area contributed by atoms with Gasteiger partial charge in [-0.1, -0.05) is 413 Å². The van der Waals surface area contributed by atoms with Crippen LogP contribution in [0.1, 0.15) is 107 Å². The summed E-state index contributed by atoms with van der Waals surface area (Å²) in [6.07, 6.45) is 0. The lowest BCUT2D eigenvalue weighted by atomic mass is 9.33. The van der Waals surface area contributed by atoms with Crippen LogP contribution in [0.5, 0.6) is 0 Å². The van der Waals surface area contributed by atoms with Crippen LogP contribution < -0.4 is 78.6 Å². The molecule has 0 N–H and O–H groups in total. The molecule has 21 aromatic rings. The van der Waals surface area contributed by atoms with Gasteiger partial charge in [-0.05, 0) is 314 Å². The highest BCUT2D eigenvalue weighted by atomic mass is 15.2. The van der Waals surface area contributed by atoms with E-state index in [-0.39, 0.29) is 20.1 Å². The molecule has 21 aromatic carbocycles. The first-order valence-electron chi connectivity index (χ1n) is 52.5. The van der Waals surface area contributed by atoms with Gasteiger partial charge in [0.15, 0.2) is 0 Å². The van der Waals surface area contributed by atoms with Crippen molar-refractivity contribution in [2.75, 3.05) is 29.4 Å². The molecular formula is C139H113B3N6. The number of hydrogen-bond acceptors (Lipinski definition) is 6. The molecule has 0 fully saturated rings. The van der Waals surface area contributed by atoms with Crippen molar-refractivity contribution >= 4 is 172 Å². The second kappa shape index (κ2) is 38.6. The van der Waals surface area contributed by atoms with E-state index in [1.54, 1.807) is 0 Å². The first kappa shape index (κ1) is 91.8. The number of fused-ring (bicyclic) bond motifs is 12. The van der Waals surface area contributed by atoms with E-state index < -0.39 is 0 Å². The Bertz CT molecular complexity index is 8570. The first-order valence-corrected chi connectivity index (χ1v) is 52.5. The van der Waals surface area contributed by atoms with E-state index in [9.17, 15) is 0 Å². The largest absolute Gasteiger partial charge is 0.311 e. The third-order valence-corrected chi connectivity index (χ3v) is 31.2. The fourth-order valence-electron chi connectivity index (χ4n) is 23.7. The Kier molecular flexibility index (Phi) is 24.0. The zero-order valence-corrected chi connectivity index (χ0v) is 85.1. The molecule has 0 spiro atoms. The van der Waals surface area contributed by atoms with Gasteiger partial charge in [-0.3, -0.25) is 0 Å². The third-order valence-electron chi connectivity index (χ3n) is 31.2. The zero-order chi connectivity index (χ0) is 99.9. The van der Waals surface area contributed by atoms with Gasteiger partial charge in [-0.25, -0.2) is 0 Å². The van der Waals surface area contributed by atoms with Crippen LogP contribution in [-0.4, -0.2) is 20.1 Å². The molecule has 0 bridgehead atoms. The predicted octanol–water partition coefficient (Wildman–Crippen LogP) is 32.1. The summed E-state index contributed by atoms with van der Waals surface area (Å²) in [5.41, 5.74) is 55.1. The van der Waals surface area contributed by atoms with E-state index in [0.717, 1.165) is 17.1 Å². The highest BCUT2D eigenvalue weighted by molar-refractivity contribution is 7.02. The van der Waals surface area contributed by atoms with Crippen molar-refractivity contribution in [3.8, 4) is 66.8 Å². The van der Waals surface area contributed by atoms with Crippen molar-refractivity contribution in [2.24, 2.45) is 0 Å². The maximum Gasteiger partial charge on any atom is 0.252 e. The minimum absolute atomic E-state index is 0.0916. The number of nitrogens with zero attached hydrogens (tertiary/aromatic N) is 6. The van der Waals surface area contributed by atoms with Gasteiger partial charge in [0.1, 0.15) is 0 Å². The van der Waals surface area contributed by atoms with Crippen molar-refractivity contribution in [3.63, 3.8) is 0 Å². The molecule has 0 aromatic heterocycles. The van der Waals surface area contributed by atoms with Crippen molar-refractivity contribution in [2.45, 2.75) is 86.0 Å². The third kappa shape index (κ3) is 16.5. The van der Waals surface area contributed by atoms with Crippen molar-refractivity contribution < 1.29 is 0 Å². The standard InChI is InChI=1S/C51H47BN2.C45H35BN2.C43H31BN2/c1-33(2)36-17-21-39(22-18-36)41-11-9-12-44(31-41)54-49-16-10-15-48-51(49)52(46-30-27-42(32-50(46)54)40-23-19-37(20-24-40)34(3)4)45-13-7-8-14-47(45)53(48)43-28-25-38(26-29-43)35(5)6;1-31(2)32-23-25-34(26-24-32)36-27-28-40-44(30-36)48(38-18-11-15-35(29-38)33-13-5-3-6-14-33)43-22-12-21-42-45(43)46(40)39-19-9-10-20-41(39)47(42)37-16-7-4-8-17-37;1-30-22-24-32(25-23-30)34-26-27-38-42(29-34)46(36-17-10-14-33(28-36)31-12-4-2-5-13-31)41-21-11-20-40-43(41)44(38)37-18-8-9-19-39(37)45(40)35-15-6-3-7-16-35/h7-35H,1-6H3;3-31H,1-2H3;2-29H,1H3. The minimum Gasteiger partial charge on any atom is -0.311 e. The number of para-hydroxylation sites is 5. The van der Waals surface area contributed by atoms with E-state index in [4.69, 9.17) is 0 Å². The summed E-state index contributed by atoms with van der Waals surface area (Å²) in [5.74, 6) is 1.98. The molecule has 148 heavy (non-hydrogen) atoms. The first-order chi connectivity index (χ1) is 72.7. The van der Waals surface area contributed by atoms with E-state index in [1.165, 1.54) is 229 Å². The van der Waals surface area contributed by atoms with Crippen LogP contribution in [0.25, 0.3) is 66.8 Å². The van der Waals surface area contributed by atoms with E-state index in [1.807, 2.05) is 0 Å². The monoisotopic (exact) mass is 1900 g/mol. The molecule has 0 radical (unpaired) electrons. The van der Waals surface area contributed by atoms with Gasteiger partial charge >= 0.3 is 0 Å². The Labute approximate surface area is 872 Å². The lowest BCUT2D eigenvalue weighted by molar-refractivity contribution is 0.866. The number of anilines is 18. The Hall–Kier alpha value is -17.4. The number of rotatable bonds is 16. The SMILES string of the molecule is CC(C)c1ccc(-c2ccc3c(c2)N(c2cccc(-c4ccccc4)c2)c2cccc4c2B3c2ccccc2N4c2ccccc2)cc1.CC(C)c1ccc(-c2cccc(N3c4cc(-c5ccc(C(C)C)cc5)ccc4B4c5ccccc5N(c5ccc(C(C)C)cc5)c5cccc3c54)c2)cc1.Cc1ccc(-c2ccc3c(c2)N(c2cccc(-c4ccccc4)c2)c2cccc4c2B3c2ccccc2N4c2ccccc2)cc1. The molecular weight excluding hydrogens is 1790 g/mol. The maximum atomic E-state index is 2.52. The Balaban J connectivity index is 0.000000116. The average Bonchev–Trinajstić information content (AvgIpc) is 0.706. The summed E-state index contributed by atoms with van der Waals surface area (Å²) in [4.78, 5) is 14.9. The topological polar surface area (TPSA) is 19.4 Å². The quantitative estimate of drug-likeness (QED) is 0.0892. The lowest BCUT2D eigenvalue weighted by Gasteiger charge is -2.44. The van der Waals surface area contributed by atoms with Gasteiger partial charge < -0.3 is 29.4 Å². The molecule has 708 valence electrons. The highest BCUT2D eigenvalue weighted by Gasteiger charge is 2.48. The molecule has 6 heterocycles. The lowest BCUT2D eigenvalue weighted by Crippen LogP contribution is -2.61. The molecule has 6 nitrogen and oxygen atoms in total. The Morgan fingerprint density at radius 1 is 0.142 bits per heavy atom. The van der Waals surface area contributed by atoms with Gasteiger partial charge in [0, 0.05) is 102 Å². The summed E-state index contributed by atoms with van der Waals surface area (Å²) in [5, 5.41) is 0. The summed E-state index contributed by atoms with van der Waals surface area (Å²) < 4.78 is 0. The fourth-order valence-corrected chi connectivity index (χ4v) is 23.7. The second-order valence-corrected chi connectivity index (χ2v) is 41.4. The summed E-state index contributed by atoms with van der Waals surface area (Å²) >= 11 is 0. The molecule has 9 heteroatoms. The van der Waals surface area contributed by atoms with Crippen LogP contribution in [0.3, 0.4) is 0 Å². The molecule has 0 aliphatic carbocycles. The molecule has 0 saturated heterocycles. The molecule has 6 aliphatic rings. The van der Waals surface area contributed by atoms with Crippen LogP contribution in [0.2, 0.25) is 0 Å². The molecule has 0 unspecified atom stereocenters. The van der Waals surface area contributed by atoms with Gasteiger partial charge in [0.25, 0.3) is 20.1 Å². The van der Waals surface area contributed by atoms with E-state index in [2.05, 4.69) is 589 Å². The van der Waals surface area contributed by atoms with Crippen molar-refractivity contribution in [3.05, 3.63) is 525 Å². The van der Waals surface area contributed by atoms with Gasteiger partial charge in [0.2, 0.25) is 0 Å². The van der Waals surface area contributed by atoms with Crippen LogP contribution in [0.4, 0.5) is 102 Å². The normalized spacial score (nSPS) is 12.9. The van der Waals surface area contributed by atoms with Crippen LogP contribution in [-0.2, 0) is 0 Å². The van der Waals surface area contributed by atoms with Crippen LogP contribution in [0, 0.1) is 6.92 Å². The second-order valence-electron chi connectivity index (χ2n) is 41.4. The smallest absolute Gasteiger partial charge is 0.252 e. The fraction of sp³-hybridized carbons (Fsp3) is 0.0935. The summed E-state index contributed by atoms with van der Waals surface area (Å²) in [6, 6.07) is 184. The van der Waals surface area contributed by atoms with E-state index >= 15 is 0 Å². The van der Waals surface area contributed by atoms with Gasteiger partial charge in [-0.2, -0.15) is 0 Å². The molecule has 27 rings (SSSR count). The minimum atomic E-state index is 0.0916. The van der Waals surface area contributed by atoms with E-state index in [0.29, 0.717) is 23.7 Å². The molecule has 0 saturated carbocycles. The molecule has 0 atom stereocenters. The van der Waals surface area contributed by atoms with Gasteiger partial charge in [-0.15, -0.1) is 0 Å². The molecule has 0 amide bonds. The number of benzene rings is 21.